The summed E-state index contributed by atoms with van der Waals surface area (Å²) in [5, 5.41) is 12.7. The molecular formula is C22H19F3N4O2S. The smallest absolute Gasteiger partial charge is 0.325 e. The zero-order chi connectivity index (χ0) is 22.7. The van der Waals surface area contributed by atoms with Crippen LogP contribution in [0.1, 0.15) is 36.0 Å². The van der Waals surface area contributed by atoms with Crippen LogP contribution >= 0.6 is 11.8 Å². The van der Waals surface area contributed by atoms with Crippen LogP contribution < -0.4 is 10.6 Å². The molecule has 32 heavy (non-hydrogen) atoms. The Morgan fingerprint density at radius 1 is 1.09 bits per heavy atom. The lowest BCUT2D eigenvalue weighted by Gasteiger charge is -2.16. The maximum Gasteiger partial charge on any atom is 0.418 e. The van der Waals surface area contributed by atoms with Gasteiger partial charge in [0.25, 0.3) is 0 Å². The number of fused-ring (bicyclic) bond motifs is 1. The lowest BCUT2D eigenvalue weighted by Crippen LogP contribution is -2.28. The number of hydrogen-bond donors (Lipinski definition) is 2. The summed E-state index contributed by atoms with van der Waals surface area (Å²) >= 11 is 1.04. The summed E-state index contributed by atoms with van der Waals surface area (Å²) in [6.45, 7) is 0. The zero-order valence-electron chi connectivity index (χ0n) is 16.8. The number of alkyl halides is 3. The number of benzene rings is 2. The highest BCUT2D eigenvalue weighted by atomic mass is 32.2. The molecule has 1 fully saturated rings. The standard InChI is InChI=1S/C22H19F3N4O2S/c23-22(24,25)15-9-3-4-10-17(15)26-19(30)12-18-20(31)27-21(32-18)29-28-16-11-5-7-13-6-1-2-8-14(13)16/h1-4,6,8-10,18H,5,7,11-12H2,(H,26,30)(H,27,29,31)/b28-16-/t18-/m1/s1. The molecule has 1 aliphatic heterocycles. The van der Waals surface area contributed by atoms with Crippen LogP contribution in [0.4, 0.5) is 18.9 Å². The van der Waals surface area contributed by atoms with Crippen LogP contribution in [0, 0.1) is 0 Å². The van der Waals surface area contributed by atoms with Crippen molar-refractivity contribution in [3.8, 4) is 0 Å². The van der Waals surface area contributed by atoms with Gasteiger partial charge in [-0.15, -0.1) is 5.10 Å². The second-order valence-corrected chi connectivity index (χ2v) is 8.55. The fourth-order valence-corrected chi connectivity index (χ4v) is 4.52. The monoisotopic (exact) mass is 460 g/mol. The third-order valence-electron chi connectivity index (χ3n) is 5.10. The van der Waals surface area contributed by atoms with Crippen LogP contribution in [0.5, 0.6) is 0 Å². The summed E-state index contributed by atoms with van der Waals surface area (Å²) < 4.78 is 39.3. The van der Waals surface area contributed by atoms with E-state index in [4.69, 9.17) is 0 Å². The van der Waals surface area contributed by atoms with E-state index in [0.717, 1.165) is 48.4 Å². The van der Waals surface area contributed by atoms with Crippen molar-refractivity contribution in [2.75, 3.05) is 5.32 Å². The molecule has 1 saturated heterocycles. The molecule has 0 bridgehead atoms. The zero-order valence-corrected chi connectivity index (χ0v) is 17.6. The van der Waals surface area contributed by atoms with Gasteiger partial charge < -0.3 is 10.6 Å². The Balaban J connectivity index is 1.41. The third kappa shape index (κ3) is 5.01. The molecule has 6 nitrogen and oxygen atoms in total. The van der Waals surface area contributed by atoms with Crippen molar-refractivity contribution in [1.82, 2.24) is 5.32 Å². The summed E-state index contributed by atoms with van der Waals surface area (Å²) in [7, 11) is 0. The molecule has 4 rings (SSSR count). The first-order chi connectivity index (χ1) is 15.3. The minimum atomic E-state index is -4.60. The molecule has 10 heteroatoms. The van der Waals surface area contributed by atoms with Gasteiger partial charge in [0.2, 0.25) is 11.8 Å². The van der Waals surface area contributed by atoms with E-state index in [1.807, 2.05) is 18.2 Å². The van der Waals surface area contributed by atoms with Gasteiger partial charge in [-0.25, -0.2) is 0 Å². The Kier molecular flexibility index (Phi) is 6.31. The van der Waals surface area contributed by atoms with Gasteiger partial charge in [-0.3, -0.25) is 9.59 Å². The van der Waals surface area contributed by atoms with Crippen molar-refractivity contribution >= 4 is 40.1 Å². The Hall–Kier alpha value is -3.14. The van der Waals surface area contributed by atoms with E-state index in [2.05, 4.69) is 26.9 Å². The second-order valence-electron chi connectivity index (χ2n) is 7.35. The van der Waals surface area contributed by atoms with Crippen LogP contribution in [0.2, 0.25) is 0 Å². The van der Waals surface area contributed by atoms with Gasteiger partial charge in [0.15, 0.2) is 5.17 Å². The molecule has 1 heterocycles. The molecule has 2 N–H and O–H groups in total. The molecule has 1 atom stereocenters. The number of anilines is 1. The Morgan fingerprint density at radius 2 is 1.84 bits per heavy atom. The van der Waals surface area contributed by atoms with E-state index in [1.165, 1.54) is 23.8 Å². The number of amides is 2. The largest absolute Gasteiger partial charge is 0.418 e. The highest BCUT2D eigenvalue weighted by molar-refractivity contribution is 8.15. The number of para-hydroxylation sites is 1. The second kappa shape index (κ2) is 9.15. The average Bonchev–Trinajstić information content (AvgIpc) is 3.10. The maximum atomic E-state index is 13.1. The highest BCUT2D eigenvalue weighted by Crippen LogP contribution is 2.35. The Bertz CT molecular complexity index is 1110. The van der Waals surface area contributed by atoms with E-state index < -0.39 is 28.8 Å². The lowest BCUT2D eigenvalue weighted by atomic mass is 9.90. The van der Waals surface area contributed by atoms with E-state index in [-0.39, 0.29) is 17.3 Å². The lowest BCUT2D eigenvalue weighted by molar-refractivity contribution is -0.137. The molecule has 2 aliphatic rings. The molecule has 0 unspecified atom stereocenters. The first kappa shape index (κ1) is 22.1. The summed E-state index contributed by atoms with van der Waals surface area (Å²) in [6, 6.07) is 12.7. The molecule has 2 amide bonds. The number of carbonyl (C=O) groups is 2. The number of carbonyl (C=O) groups excluding carboxylic acids is 2. The number of hydrogen-bond acceptors (Lipinski definition) is 5. The molecule has 0 aromatic heterocycles. The third-order valence-corrected chi connectivity index (χ3v) is 6.18. The Labute approximate surface area is 186 Å². The van der Waals surface area contributed by atoms with E-state index in [1.54, 1.807) is 0 Å². The van der Waals surface area contributed by atoms with Crippen molar-refractivity contribution in [3.63, 3.8) is 0 Å². The minimum absolute atomic E-state index is 0.263. The van der Waals surface area contributed by atoms with E-state index >= 15 is 0 Å². The van der Waals surface area contributed by atoms with Gasteiger partial charge in [-0.2, -0.15) is 18.3 Å². The fourth-order valence-electron chi connectivity index (χ4n) is 3.61. The van der Waals surface area contributed by atoms with Crippen molar-refractivity contribution in [3.05, 3.63) is 65.2 Å². The van der Waals surface area contributed by atoms with Crippen molar-refractivity contribution in [2.45, 2.75) is 37.1 Å². The molecule has 2 aromatic carbocycles. The number of nitrogens with one attached hydrogen (secondary N) is 2. The van der Waals surface area contributed by atoms with Gasteiger partial charge in [0, 0.05) is 12.0 Å². The van der Waals surface area contributed by atoms with Gasteiger partial charge >= 0.3 is 6.18 Å². The number of amidine groups is 1. The average molecular weight is 460 g/mol. The van der Waals surface area contributed by atoms with Gasteiger partial charge in [0.1, 0.15) is 5.25 Å². The Morgan fingerprint density at radius 3 is 2.66 bits per heavy atom. The molecular weight excluding hydrogens is 441 g/mol. The molecule has 0 radical (unpaired) electrons. The number of rotatable bonds is 4. The maximum absolute atomic E-state index is 13.1. The summed E-state index contributed by atoms with van der Waals surface area (Å²) in [5.74, 6) is -1.12. The van der Waals surface area contributed by atoms with Crippen molar-refractivity contribution in [2.24, 2.45) is 10.2 Å². The van der Waals surface area contributed by atoms with Gasteiger partial charge in [-0.1, -0.05) is 48.2 Å². The minimum Gasteiger partial charge on any atom is -0.325 e. The summed E-state index contributed by atoms with van der Waals surface area (Å²) in [4.78, 5) is 24.5. The predicted molar refractivity (Wildman–Crippen MR) is 118 cm³/mol. The first-order valence-electron chi connectivity index (χ1n) is 9.97. The van der Waals surface area contributed by atoms with E-state index in [0.29, 0.717) is 0 Å². The van der Waals surface area contributed by atoms with Gasteiger partial charge in [-0.05, 0) is 37.0 Å². The van der Waals surface area contributed by atoms with Crippen molar-refractivity contribution in [1.29, 1.82) is 0 Å². The van der Waals surface area contributed by atoms with Crippen LogP contribution in [-0.4, -0.2) is 27.9 Å². The molecule has 166 valence electrons. The topological polar surface area (TPSA) is 82.9 Å². The quantitative estimate of drug-likeness (QED) is 0.665. The first-order valence-corrected chi connectivity index (χ1v) is 10.9. The fraction of sp³-hybridized carbons (Fsp3) is 0.273. The number of thioether (sulfide) groups is 1. The number of nitrogens with zero attached hydrogens (tertiary/aromatic N) is 2. The van der Waals surface area contributed by atoms with Crippen LogP contribution in [0.3, 0.4) is 0 Å². The SMILES string of the molecule is O=C(C[C@H]1S/C(=N/N=C2/CCCc3ccccc32)NC1=O)Nc1ccccc1C(F)(F)F. The normalized spacial score (nSPS) is 20.8. The number of aryl methyl sites for hydroxylation is 1. The number of halogens is 3. The van der Waals surface area contributed by atoms with Crippen molar-refractivity contribution < 1.29 is 22.8 Å². The molecule has 0 spiro atoms. The van der Waals surface area contributed by atoms with Gasteiger partial charge in [0.05, 0.1) is 17.0 Å². The van der Waals surface area contributed by atoms with Crippen LogP contribution in [-0.2, 0) is 22.2 Å². The van der Waals surface area contributed by atoms with Crippen LogP contribution in [0.25, 0.3) is 0 Å². The van der Waals surface area contributed by atoms with Crippen LogP contribution in [0.15, 0.2) is 58.7 Å². The predicted octanol–water partition coefficient (Wildman–Crippen LogP) is 4.36. The van der Waals surface area contributed by atoms with E-state index in [9.17, 15) is 22.8 Å². The summed E-state index contributed by atoms with van der Waals surface area (Å²) in [5.41, 5.74) is 1.79. The molecule has 1 aliphatic carbocycles. The summed E-state index contributed by atoms with van der Waals surface area (Å²) in [6.07, 6.45) is -2.17. The highest BCUT2D eigenvalue weighted by Gasteiger charge is 2.35. The molecule has 2 aromatic rings. The molecule has 0 saturated carbocycles.